The fourth-order valence-electron chi connectivity index (χ4n) is 3.05. The van der Waals surface area contributed by atoms with Gasteiger partial charge in [0.15, 0.2) is 0 Å². The number of nitrogens with one attached hydrogen (secondary N) is 1. The third kappa shape index (κ3) is 4.78. The number of benzene rings is 2. The van der Waals surface area contributed by atoms with Crippen LogP contribution in [0.3, 0.4) is 0 Å². The Hall–Kier alpha value is -3.17. The van der Waals surface area contributed by atoms with Crippen LogP contribution in [0.5, 0.6) is 5.75 Å². The fraction of sp³-hybridized carbons (Fsp3) is 0.227. The predicted octanol–water partition coefficient (Wildman–Crippen LogP) is 3.11. The topological polar surface area (TPSA) is 99.7 Å². The summed E-state index contributed by atoms with van der Waals surface area (Å²) >= 11 is 0. The molecule has 0 fully saturated rings. The molecule has 0 saturated heterocycles. The van der Waals surface area contributed by atoms with Gasteiger partial charge in [0.1, 0.15) is 16.8 Å². The van der Waals surface area contributed by atoms with Gasteiger partial charge in [0.05, 0.1) is 37.2 Å². The second-order valence-corrected chi connectivity index (χ2v) is 9.23. The molecule has 3 aromatic rings. The van der Waals surface area contributed by atoms with Gasteiger partial charge in [-0.15, -0.1) is 0 Å². The van der Waals surface area contributed by atoms with Crippen LogP contribution >= 0.6 is 0 Å². The highest BCUT2D eigenvalue weighted by Crippen LogP contribution is 2.25. The molecule has 2 aromatic carbocycles. The lowest BCUT2D eigenvalue weighted by Crippen LogP contribution is -2.39. The van der Waals surface area contributed by atoms with Crippen molar-refractivity contribution in [2.24, 2.45) is 0 Å². The van der Waals surface area contributed by atoms with E-state index in [1.165, 1.54) is 36.5 Å². The summed E-state index contributed by atoms with van der Waals surface area (Å²) in [4.78, 5) is 15.8. The van der Waals surface area contributed by atoms with Crippen LogP contribution in [0.4, 0.5) is 10.1 Å². The number of anilines is 1. The maximum absolute atomic E-state index is 13.4. The highest BCUT2D eigenvalue weighted by atomic mass is 32.2. The van der Waals surface area contributed by atoms with Gasteiger partial charge in [-0.25, -0.2) is 12.8 Å². The van der Waals surface area contributed by atoms with Crippen LogP contribution in [0.1, 0.15) is 28.7 Å². The lowest BCUT2D eigenvalue weighted by atomic mass is 10.1. The number of aromatic amines is 1. The molecule has 0 spiro atoms. The Morgan fingerprint density at radius 1 is 1.16 bits per heavy atom. The zero-order chi connectivity index (χ0) is 22.6. The minimum atomic E-state index is -3.86. The lowest BCUT2D eigenvalue weighted by Gasteiger charge is -2.26. The number of hydrogen-bond acceptors (Lipinski definition) is 5. The molecule has 164 valence electrons. The minimum absolute atomic E-state index is 0.0650. The Morgan fingerprint density at radius 3 is 2.52 bits per heavy atom. The molecule has 3 rings (SSSR count). The van der Waals surface area contributed by atoms with Crippen molar-refractivity contribution in [2.45, 2.75) is 18.7 Å². The van der Waals surface area contributed by atoms with Gasteiger partial charge in [0.2, 0.25) is 15.8 Å². The van der Waals surface area contributed by atoms with Crippen LogP contribution < -0.4 is 9.04 Å². The van der Waals surface area contributed by atoms with E-state index >= 15 is 0 Å². The molecule has 31 heavy (non-hydrogen) atoms. The number of hydrogen-bond donors (Lipinski definition) is 2. The van der Waals surface area contributed by atoms with E-state index in [2.05, 4.69) is 4.98 Å². The average Bonchev–Trinajstić information content (AvgIpc) is 3.25. The quantitative estimate of drug-likeness (QED) is 0.492. The molecule has 1 unspecified atom stereocenters. The third-order valence-electron chi connectivity index (χ3n) is 4.83. The molecule has 9 heteroatoms. The first-order valence-corrected chi connectivity index (χ1v) is 11.0. The summed E-state index contributed by atoms with van der Waals surface area (Å²) in [5, 5.41) is 8.40. The Labute approximate surface area is 180 Å². The largest absolute Gasteiger partial charge is 0.496 e. The van der Waals surface area contributed by atoms with Crippen LogP contribution in [0.2, 0.25) is 0 Å². The zero-order valence-corrected chi connectivity index (χ0v) is 17.9. The maximum atomic E-state index is 13.4. The van der Waals surface area contributed by atoms with Gasteiger partial charge in [-0.05, 0) is 43.3 Å². The van der Waals surface area contributed by atoms with Gasteiger partial charge in [-0.3, -0.25) is 9.10 Å². The number of nitrogens with zero attached hydrogens (tertiary/aromatic N) is 1. The van der Waals surface area contributed by atoms with Crippen LogP contribution in [0.15, 0.2) is 60.7 Å². The van der Waals surface area contributed by atoms with Crippen LogP contribution in [-0.4, -0.2) is 43.3 Å². The minimum Gasteiger partial charge on any atom is -0.496 e. The summed E-state index contributed by atoms with van der Waals surface area (Å²) in [6, 6.07) is 15.3. The van der Waals surface area contributed by atoms with E-state index in [-0.39, 0.29) is 23.6 Å². The van der Waals surface area contributed by atoms with E-state index in [4.69, 9.17) is 4.74 Å². The number of aromatic nitrogens is 1. The molecule has 0 aliphatic carbocycles. The summed E-state index contributed by atoms with van der Waals surface area (Å²) in [6.07, 6.45) is 0. The number of aliphatic hydroxyl groups excluding tert-OH is 1. The van der Waals surface area contributed by atoms with Crippen molar-refractivity contribution >= 4 is 21.5 Å². The van der Waals surface area contributed by atoms with E-state index in [0.29, 0.717) is 11.4 Å². The highest BCUT2D eigenvalue weighted by Gasteiger charge is 2.29. The standard InChI is InChI=1S/C22H23FN2O5S/c1-15(14-26)31(28,29)25(18-6-4-3-5-7-18)13-17-9-11-20(24-17)22(27)19-10-8-16(23)12-21(19)30-2/h3-12,15,24,26H,13-14H2,1-2H3. The Bertz CT molecular complexity index is 1160. The normalized spacial score (nSPS) is 12.4. The van der Waals surface area contributed by atoms with Crippen molar-refractivity contribution in [3.8, 4) is 5.75 Å². The summed E-state index contributed by atoms with van der Waals surface area (Å²) in [7, 11) is -2.52. The molecule has 1 atom stereocenters. The van der Waals surface area contributed by atoms with Gasteiger partial charge in [-0.2, -0.15) is 0 Å². The van der Waals surface area contributed by atoms with Crippen molar-refractivity contribution in [1.29, 1.82) is 0 Å². The molecule has 1 heterocycles. The monoisotopic (exact) mass is 446 g/mol. The van der Waals surface area contributed by atoms with E-state index in [0.717, 1.165) is 6.07 Å². The molecular formula is C22H23FN2O5S. The van der Waals surface area contributed by atoms with Crippen molar-refractivity contribution in [1.82, 2.24) is 4.98 Å². The first-order valence-electron chi connectivity index (χ1n) is 9.51. The maximum Gasteiger partial charge on any atom is 0.240 e. The van der Waals surface area contributed by atoms with Crippen molar-refractivity contribution < 1.29 is 27.4 Å². The number of para-hydroxylation sites is 1. The van der Waals surface area contributed by atoms with Crippen LogP contribution in [0.25, 0.3) is 0 Å². The average molecular weight is 447 g/mol. The smallest absolute Gasteiger partial charge is 0.240 e. The first kappa shape index (κ1) is 22.5. The molecule has 1 aromatic heterocycles. The van der Waals surface area contributed by atoms with E-state index in [9.17, 15) is 22.7 Å². The summed E-state index contributed by atoms with van der Waals surface area (Å²) < 4.78 is 45.7. The van der Waals surface area contributed by atoms with Crippen molar-refractivity contribution in [2.75, 3.05) is 18.0 Å². The van der Waals surface area contributed by atoms with E-state index in [1.807, 2.05) is 0 Å². The second kappa shape index (κ2) is 9.32. The fourth-order valence-corrected chi connectivity index (χ4v) is 4.41. The number of H-pyrrole nitrogens is 1. The molecule has 2 N–H and O–H groups in total. The van der Waals surface area contributed by atoms with Gasteiger partial charge >= 0.3 is 0 Å². The van der Waals surface area contributed by atoms with Crippen LogP contribution in [-0.2, 0) is 16.6 Å². The van der Waals surface area contributed by atoms with Crippen molar-refractivity contribution in [3.05, 3.63) is 83.4 Å². The number of carbonyl (C=O) groups is 1. The number of sulfonamides is 1. The van der Waals surface area contributed by atoms with E-state index in [1.54, 1.807) is 36.4 Å². The number of ether oxygens (including phenoxy) is 1. The van der Waals surface area contributed by atoms with Gasteiger partial charge in [-0.1, -0.05) is 18.2 Å². The molecule has 7 nitrogen and oxygen atoms in total. The Balaban J connectivity index is 1.92. The first-order chi connectivity index (χ1) is 14.8. The van der Waals surface area contributed by atoms with Crippen LogP contribution in [0, 0.1) is 5.82 Å². The molecule has 0 aliphatic rings. The molecule has 0 amide bonds. The molecular weight excluding hydrogens is 423 g/mol. The Kier molecular flexibility index (Phi) is 6.77. The number of halogens is 1. The van der Waals surface area contributed by atoms with Gasteiger partial charge in [0.25, 0.3) is 0 Å². The zero-order valence-electron chi connectivity index (χ0n) is 17.1. The number of aliphatic hydroxyl groups is 1. The highest BCUT2D eigenvalue weighted by molar-refractivity contribution is 7.93. The number of carbonyl (C=O) groups excluding carboxylic acids is 1. The summed E-state index contributed by atoms with van der Waals surface area (Å²) in [5.74, 6) is -0.838. The number of rotatable bonds is 9. The molecule has 0 saturated carbocycles. The molecule has 0 bridgehead atoms. The van der Waals surface area contributed by atoms with E-state index < -0.39 is 33.5 Å². The second-order valence-electron chi connectivity index (χ2n) is 6.95. The lowest BCUT2D eigenvalue weighted by molar-refractivity contribution is 0.103. The summed E-state index contributed by atoms with van der Waals surface area (Å²) in [6.45, 7) is 0.838. The Morgan fingerprint density at radius 2 is 1.87 bits per heavy atom. The third-order valence-corrected chi connectivity index (χ3v) is 6.95. The SMILES string of the molecule is COc1cc(F)ccc1C(=O)c1ccc(CN(c2ccccc2)S(=O)(=O)C(C)CO)[nH]1. The van der Waals surface area contributed by atoms with Crippen molar-refractivity contribution in [3.63, 3.8) is 0 Å². The number of ketones is 1. The van der Waals surface area contributed by atoms with Gasteiger partial charge < -0.3 is 14.8 Å². The summed E-state index contributed by atoms with van der Waals surface area (Å²) in [5.41, 5.74) is 1.30. The van der Waals surface area contributed by atoms with Gasteiger partial charge in [0, 0.05) is 11.8 Å². The molecule has 0 aliphatic heterocycles. The molecule has 0 radical (unpaired) electrons. The predicted molar refractivity (Wildman–Crippen MR) is 115 cm³/mol. The number of methoxy groups -OCH3 is 1.